The van der Waals surface area contributed by atoms with Crippen molar-refractivity contribution in [3.05, 3.63) is 95.3 Å². The van der Waals surface area contributed by atoms with Crippen molar-refractivity contribution in [2.45, 2.75) is 4.90 Å². The van der Waals surface area contributed by atoms with E-state index in [1.54, 1.807) is 30.3 Å². The fraction of sp³-hybridized carbons (Fsp3) is 0.0476. The number of sulfonamides is 1. The smallest absolute Gasteiger partial charge is 0.264 e. The van der Waals surface area contributed by atoms with E-state index in [-0.39, 0.29) is 15.6 Å². The molecule has 0 radical (unpaired) electrons. The SMILES string of the molecule is O=C(CN(c1ccccc1Cl)S(=O)(=O)c1ccccc1)N/N=C\c1ccc(F)cc1. The number of amides is 1. The molecule has 0 aliphatic rings. The molecular weight excluding hydrogens is 429 g/mol. The Morgan fingerprint density at radius 2 is 1.63 bits per heavy atom. The Labute approximate surface area is 178 Å². The number of benzene rings is 3. The zero-order valence-corrected chi connectivity index (χ0v) is 17.1. The molecule has 0 aromatic heterocycles. The average Bonchev–Trinajstić information content (AvgIpc) is 2.75. The van der Waals surface area contributed by atoms with Gasteiger partial charge in [-0.3, -0.25) is 9.10 Å². The van der Waals surface area contributed by atoms with Gasteiger partial charge in [0, 0.05) is 0 Å². The average molecular weight is 446 g/mol. The van der Waals surface area contributed by atoms with Crippen LogP contribution in [0.2, 0.25) is 5.02 Å². The number of anilines is 1. The number of nitrogens with one attached hydrogen (secondary N) is 1. The van der Waals surface area contributed by atoms with Crippen LogP contribution in [0.4, 0.5) is 10.1 Å². The molecule has 0 unspecified atom stereocenters. The summed E-state index contributed by atoms with van der Waals surface area (Å²) in [5, 5.41) is 3.97. The Morgan fingerprint density at radius 3 is 2.30 bits per heavy atom. The van der Waals surface area contributed by atoms with Gasteiger partial charge in [0.1, 0.15) is 12.4 Å². The normalized spacial score (nSPS) is 11.4. The molecule has 0 saturated heterocycles. The highest BCUT2D eigenvalue weighted by molar-refractivity contribution is 7.92. The predicted octanol–water partition coefficient (Wildman–Crippen LogP) is 3.82. The molecule has 3 aromatic rings. The van der Waals surface area contributed by atoms with Crippen molar-refractivity contribution >= 4 is 39.4 Å². The second kappa shape index (κ2) is 9.51. The second-order valence-electron chi connectivity index (χ2n) is 6.12. The van der Waals surface area contributed by atoms with E-state index in [0.29, 0.717) is 5.56 Å². The summed E-state index contributed by atoms with van der Waals surface area (Å²) >= 11 is 6.20. The van der Waals surface area contributed by atoms with Crippen molar-refractivity contribution in [1.82, 2.24) is 5.43 Å². The minimum absolute atomic E-state index is 0.0209. The van der Waals surface area contributed by atoms with Crippen LogP contribution in [0.1, 0.15) is 5.56 Å². The number of halogens is 2. The van der Waals surface area contributed by atoms with Crippen molar-refractivity contribution < 1.29 is 17.6 Å². The first-order valence-electron chi connectivity index (χ1n) is 8.78. The molecule has 6 nitrogen and oxygen atoms in total. The highest BCUT2D eigenvalue weighted by Gasteiger charge is 2.28. The maximum absolute atomic E-state index is 13.2. The molecule has 0 heterocycles. The molecule has 0 fully saturated rings. The summed E-state index contributed by atoms with van der Waals surface area (Å²) < 4.78 is 40.2. The molecule has 0 aliphatic carbocycles. The summed E-state index contributed by atoms with van der Waals surface area (Å²) in [7, 11) is -4.06. The van der Waals surface area contributed by atoms with Crippen LogP contribution >= 0.6 is 11.6 Å². The van der Waals surface area contributed by atoms with Crippen LogP contribution in [0, 0.1) is 5.82 Å². The van der Waals surface area contributed by atoms with Gasteiger partial charge >= 0.3 is 0 Å². The number of para-hydroxylation sites is 1. The van der Waals surface area contributed by atoms with Gasteiger partial charge in [-0.15, -0.1) is 0 Å². The molecule has 0 saturated carbocycles. The van der Waals surface area contributed by atoms with E-state index in [1.165, 1.54) is 54.7 Å². The van der Waals surface area contributed by atoms with Crippen molar-refractivity contribution in [1.29, 1.82) is 0 Å². The predicted molar refractivity (Wildman–Crippen MR) is 115 cm³/mol. The highest BCUT2D eigenvalue weighted by atomic mass is 35.5. The van der Waals surface area contributed by atoms with Crippen molar-refractivity contribution in [3.8, 4) is 0 Å². The lowest BCUT2D eigenvalue weighted by Crippen LogP contribution is -2.39. The van der Waals surface area contributed by atoms with Crippen LogP contribution in [0.15, 0.2) is 88.9 Å². The first-order chi connectivity index (χ1) is 14.4. The molecule has 0 spiro atoms. The van der Waals surface area contributed by atoms with Gasteiger partial charge in [0.2, 0.25) is 0 Å². The summed E-state index contributed by atoms with van der Waals surface area (Å²) in [4.78, 5) is 12.4. The Hall–Kier alpha value is -3.23. The Kier molecular flexibility index (Phi) is 6.81. The zero-order chi connectivity index (χ0) is 21.6. The number of hydrazone groups is 1. The minimum Gasteiger partial charge on any atom is -0.271 e. The Bertz CT molecular complexity index is 1150. The van der Waals surface area contributed by atoms with Crippen LogP contribution in [-0.2, 0) is 14.8 Å². The first kappa shape index (κ1) is 21.5. The lowest BCUT2D eigenvalue weighted by Gasteiger charge is -2.24. The van der Waals surface area contributed by atoms with Crippen LogP contribution in [0.5, 0.6) is 0 Å². The molecule has 0 atom stereocenters. The third-order valence-electron chi connectivity index (χ3n) is 4.01. The van der Waals surface area contributed by atoms with Gasteiger partial charge in [-0.05, 0) is 42.0 Å². The monoisotopic (exact) mass is 445 g/mol. The van der Waals surface area contributed by atoms with Crippen molar-refractivity contribution in [3.63, 3.8) is 0 Å². The number of carbonyl (C=O) groups excluding carboxylic acids is 1. The largest absolute Gasteiger partial charge is 0.271 e. The zero-order valence-electron chi connectivity index (χ0n) is 15.6. The number of nitrogens with zero attached hydrogens (tertiary/aromatic N) is 2. The standard InChI is InChI=1S/C21H17ClFN3O3S/c22-19-8-4-5-9-20(19)26(30(28,29)18-6-2-1-3-7-18)15-21(27)25-24-14-16-10-12-17(23)13-11-16/h1-14H,15H2,(H,25,27)/b24-14-. The van der Waals surface area contributed by atoms with Gasteiger partial charge in [0.25, 0.3) is 15.9 Å². The molecule has 9 heteroatoms. The fourth-order valence-electron chi connectivity index (χ4n) is 2.57. The van der Waals surface area contributed by atoms with E-state index in [0.717, 1.165) is 4.31 Å². The van der Waals surface area contributed by atoms with Crippen molar-refractivity contribution in [2.24, 2.45) is 5.10 Å². The molecule has 1 N–H and O–H groups in total. The lowest BCUT2D eigenvalue weighted by molar-refractivity contribution is -0.119. The summed E-state index contributed by atoms with van der Waals surface area (Å²) in [6, 6.07) is 19.6. The van der Waals surface area contributed by atoms with Gasteiger partial charge in [-0.25, -0.2) is 18.2 Å². The topological polar surface area (TPSA) is 78.8 Å². The lowest BCUT2D eigenvalue weighted by atomic mass is 10.2. The van der Waals surface area contributed by atoms with E-state index in [2.05, 4.69) is 10.5 Å². The third-order valence-corrected chi connectivity index (χ3v) is 6.11. The van der Waals surface area contributed by atoms with Crippen molar-refractivity contribution in [2.75, 3.05) is 10.8 Å². The number of hydrogen-bond acceptors (Lipinski definition) is 4. The summed E-state index contributed by atoms with van der Waals surface area (Å²) in [6.45, 7) is -0.540. The van der Waals surface area contributed by atoms with Crippen LogP contribution in [0.25, 0.3) is 0 Å². The Morgan fingerprint density at radius 1 is 1.00 bits per heavy atom. The summed E-state index contributed by atoms with van der Waals surface area (Å²) in [6.07, 6.45) is 1.32. The first-order valence-corrected chi connectivity index (χ1v) is 10.6. The number of rotatable bonds is 7. The third kappa shape index (κ3) is 5.22. The van der Waals surface area contributed by atoms with E-state index in [9.17, 15) is 17.6 Å². The minimum atomic E-state index is -4.06. The van der Waals surface area contributed by atoms with Gasteiger partial charge in [-0.1, -0.05) is 54.1 Å². The second-order valence-corrected chi connectivity index (χ2v) is 8.39. The molecule has 154 valence electrons. The maximum atomic E-state index is 13.2. The van der Waals surface area contributed by atoms with E-state index in [1.807, 2.05) is 0 Å². The molecule has 3 rings (SSSR count). The molecule has 30 heavy (non-hydrogen) atoms. The molecule has 1 amide bonds. The van der Waals surface area contributed by atoms with Gasteiger partial charge < -0.3 is 0 Å². The fourth-order valence-corrected chi connectivity index (χ4v) is 4.32. The van der Waals surface area contributed by atoms with E-state index < -0.39 is 28.3 Å². The van der Waals surface area contributed by atoms with Crippen LogP contribution in [0.3, 0.4) is 0 Å². The molecule has 0 aliphatic heterocycles. The summed E-state index contributed by atoms with van der Waals surface area (Å²) in [5.41, 5.74) is 3.01. The summed E-state index contributed by atoms with van der Waals surface area (Å²) in [5.74, 6) is -1.06. The number of carbonyl (C=O) groups is 1. The van der Waals surface area contributed by atoms with Gasteiger partial charge in [0.15, 0.2) is 0 Å². The Balaban J connectivity index is 1.83. The van der Waals surface area contributed by atoms with Gasteiger partial charge in [0.05, 0.1) is 21.8 Å². The van der Waals surface area contributed by atoms with Crippen LogP contribution in [-0.4, -0.2) is 27.1 Å². The number of hydrogen-bond donors (Lipinski definition) is 1. The quantitative estimate of drug-likeness (QED) is 0.443. The molecule has 0 bridgehead atoms. The molecular formula is C21H17ClFN3O3S. The van der Waals surface area contributed by atoms with E-state index >= 15 is 0 Å². The van der Waals surface area contributed by atoms with E-state index in [4.69, 9.17) is 11.6 Å². The highest BCUT2D eigenvalue weighted by Crippen LogP contribution is 2.30. The van der Waals surface area contributed by atoms with Crippen LogP contribution < -0.4 is 9.73 Å². The maximum Gasteiger partial charge on any atom is 0.264 e. The van der Waals surface area contributed by atoms with Gasteiger partial charge in [-0.2, -0.15) is 5.10 Å². The molecule has 3 aromatic carbocycles.